The maximum atomic E-state index is 9.88. The highest BCUT2D eigenvalue weighted by Gasteiger charge is 2.38. The van der Waals surface area contributed by atoms with E-state index in [1.54, 1.807) is 26.4 Å². The van der Waals surface area contributed by atoms with Crippen molar-refractivity contribution in [2.45, 2.75) is 18.8 Å². The van der Waals surface area contributed by atoms with Gasteiger partial charge in [-0.3, -0.25) is 0 Å². The molecular weight excluding hydrogens is 500 g/mol. The van der Waals surface area contributed by atoms with Gasteiger partial charge in [0.05, 0.1) is 20.8 Å². The standard InChI is InChI=1S/C35H30O5/c1-37-30-14-9-27(10-15-30)35(26-6-4-3-5-7-26,28-11-16-31(38-2)17-12-28)40-22-24-8-18-33-32-19-13-29(36)21-25(32)23-39-34(33)20-24/h3-21,36H,22-23H2,1-2H3. The van der Waals surface area contributed by atoms with Crippen molar-refractivity contribution in [2.24, 2.45) is 0 Å². The van der Waals surface area contributed by atoms with Gasteiger partial charge >= 0.3 is 0 Å². The molecule has 1 heterocycles. The molecule has 0 unspecified atom stereocenters. The second-order valence-electron chi connectivity index (χ2n) is 9.75. The summed E-state index contributed by atoms with van der Waals surface area (Å²) in [6.07, 6.45) is 0. The fourth-order valence-corrected chi connectivity index (χ4v) is 5.38. The van der Waals surface area contributed by atoms with E-state index in [0.29, 0.717) is 13.2 Å². The van der Waals surface area contributed by atoms with Crippen molar-refractivity contribution in [2.75, 3.05) is 14.2 Å². The molecule has 1 N–H and O–H groups in total. The predicted molar refractivity (Wildman–Crippen MR) is 155 cm³/mol. The van der Waals surface area contributed by atoms with E-state index in [0.717, 1.165) is 56.2 Å². The Kier molecular flexibility index (Phi) is 6.89. The lowest BCUT2D eigenvalue weighted by atomic mass is 9.80. The fraction of sp³-hybridized carbons (Fsp3) is 0.143. The zero-order valence-electron chi connectivity index (χ0n) is 22.5. The van der Waals surface area contributed by atoms with Crippen LogP contribution < -0.4 is 14.2 Å². The van der Waals surface area contributed by atoms with Crippen LogP contribution in [0.3, 0.4) is 0 Å². The molecule has 5 nitrogen and oxygen atoms in total. The van der Waals surface area contributed by atoms with Gasteiger partial charge in [-0.2, -0.15) is 0 Å². The van der Waals surface area contributed by atoms with Crippen molar-refractivity contribution in [3.8, 4) is 34.1 Å². The van der Waals surface area contributed by atoms with E-state index in [1.807, 2.05) is 54.6 Å². The summed E-state index contributed by atoms with van der Waals surface area (Å²) in [5.74, 6) is 2.60. The van der Waals surface area contributed by atoms with E-state index >= 15 is 0 Å². The summed E-state index contributed by atoms with van der Waals surface area (Å²) in [4.78, 5) is 0. The summed E-state index contributed by atoms with van der Waals surface area (Å²) in [6.45, 7) is 0.749. The Bertz CT molecular complexity index is 1560. The number of fused-ring (bicyclic) bond motifs is 3. The topological polar surface area (TPSA) is 57.2 Å². The molecule has 0 saturated heterocycles. The fourth-order valence-electron chi connectivity index (χ4n) is 5.38. The van der Waals surface area contributed by atoms with Crippen LogP contribution >= 0.6 is 0 Å². The number of phenolic OH excluding ortho intramolecular Hbond substituents is 1. The highest BCUT2D eigenvalue weighted by atomic mass is 16.5. The Labute approximate surface area is 234 Å². The summed E-state index contributed by atoms with van der Waals surface area (Å²) in [7, 11) is 3.33. The van der Waals surface area contributed by atoms with Gasteiger partial charge in [-0.25, -0.2) is 0 Å². The Hall–Kier alpha value is -4.74. The van der Waals surface area contributed by atoms with Crippen LogP contribution in [0.5, 0.6) is 23.0 Å². The van der Waals surface area contributed by atoms with Crippen LogP contribution in [0.25, 0.3) is 11.1 Å². The van der Waals surface area contributed by atoms with Crippen molar-refractivity contribution in [1.29, 1.82) is 0 Å². The normalized spacial score (nSPS) is 12.2. The summed E-state index contributed by atoms with van der Waals surface area (Å²) in [6, 6.07) is 37.9. The largest absolute Gasteiger partial charge is 0.508 e. The number of phenols is 1. The van der Waals surface area contributed by atoms with Crippen molar-refractivity contribution in [1.82, 2.24) is 0 Å². The first kappa shape index (κ1) is 25.5. The van der Waals surface area contributed by atoms with Crippen LogP contribution in [0, 0.1) is 0 Å². The summed E-state index contributed by atoms with van der Waals surface area (Å²) in [5.41, 5.74) is 6.10. The summed E-state index contributed by atoms with van der Waals surface area (Å²) >= 11 is 0. The number of aromatic hydroxyl groups is 1. The minimum atomic E-state index is -0.902. The van der Waals surface area contributed by atoms with E-state index in [9.17, 15) is 5.11 Å². The van der Waals surface area contributed by atoms with Gasteiger partial charge in [0.2, 0.25) is 0 Å². The van der Waals surface area contributed by atoms with Crippen LogP contribution in [-0.2, 0) is 23.6 Å². The molecule has 0 fully saturated rings. The molecule has 5 heteroatoms. The molecule has 0 aliphatic carbocycles. The number of rotatable bonds is 8. The van der Waals surface area contributed by atoms with Gasteiger partial charge in [-0.05, 0) is 70.3 Å². The van der Waals surface area contributed by atoms with Gasteiger partial charge < -0.3 is 24.1 Å². The number of ether oxygens (including phenoxy) is 4. The SMILES string of the molecule is COc1ccc(C(OCc2ccc3c(c2)OCc2cc(O)ccc2-3)(c2ccccc2)c2ccc(OC)cc2)cc1. The minimum absolute atomic E-state index is 0.241. The van der Waals surface area contributed by atoms with Gasteiger partial charge in [-0.15, -0.1) is 0 Å². The second kappa shape index (κ2) is 10.8. The molecule has 5 aromatic rings. The van der Waals surface area contributed by atoms with Crippen LogP contribution in [0.1, 0.15) is 27.8 Å². The van der Waals surface area contributed by atoms with Crippen molar-refractivity contribution < 1.29 is 24.1 Å². The first-order valence-corrected chi connectivity index (χ1v) is 13.2. The Morgan fingerprint density at radius 3 is 1.90 bits per heavy atom. The molecule has 0 spiro atoms. The van der Waals surface area contributed by atoms with Crippen LogP contribution in [0.2, 0.25) is 0 Å². The Morgan fingerprint density at radius 2 is 1.27 bits per heavy atom. The average Bonchev–Trinajstić information content (AvgIpc) is 3.02. The molecule has 1 aliphatic heterocycles. The molecule has 0 amide bonds. The predicted octanol–water partition coefficient (Wildman–Crippen LogP) is 7.48. The smallest absolute Gasteiger partial charge is 0.144 e. The van der Waals surface area contributed by atoms with Gasteiger partial charge in [-0.1, -0.05) is 72.8 Å². The zero-order chi connectivity index (χ0) is 27.5. The van der Waals surface area contributed by atoms with E-state index < -0.39 is 5.60 Å². The van der Waals surface area contributed by atoms with Gasteiger partial charge in [0, 0.05) is 11.1 Å². The Balaban J connectivity index is 1.43. The van der Waals surface area contributed by atoms with E-state index in [-0.39, 0.29) is 5.75 Å². The minimum Gasteiger partial charge on any atom is -0.508 e. The zero-order valence-corrected chi connectivity index (χ0v) is 22.5. The molecule has 1 aliphatic rings. The highest BCUT2D eigenvalue weighted by Crippen LogP contribution is 2.43. The van der Waals surface area contributed by atoms with Crippen LogP contribution in [0.4, 0.5) is 0 Å². The number of benzene rings is 5. The molecular formula is C35H30O5. The number of methoxy groups -OCH3 is 2. The third-order valence-electron chi connectivity index (χ3n) is 7.44. The quantitative estimate of drug-likeness (QED) is 0.211. The molecule has 0 saturated carbocycles. The third kappa shape index (κ3) is 4.65. The van der Waals surface area contributed by atoms with E-state index in [1.165, 1.54) is 0 Å². The molecule has 0 bridgehead atoms. The second-order valence-corrected chi connectivity index (χ2v) is 9.75. The van der Waals surface area contributed by atoms with Crippen molar-refractivity contribution >= 4 is 0 Å². The monoisotopic (exact) mass is 530 g/mol. The maximum Gasteiger partial charge on any atom is 0.144 e. The van der Waals surface area contributed by atoms with Gasteiger partial charge in [0.15, 0.2) is 0 Å². The van der Waals surface area contributed by atoms with Crippen molar-refractivity contribution in [3.63, 3.8) is 0 Å². The van der Waals surface area contributed by atoms with E-state index in [4.69, 9.17) is 18.9 Å². The van der Waals surface area contributed by atoms with Crippen molar-refractivity contribution in [3.05, 3.63) is 143 Å². The first-order valence-electron chi connectivity index (χ1n) is 13.2. The van der Waals surface area contributed by atoms with Gasteiger partial charge in [0.25, 0.3) is 0 Å². The summed E-state index contributed by atoms with van der Waals surface area (Å²) < 4.78 is 24.0. The number of hydrogen-bond donors (Lipinski definition) is 1. The molecule has 6 rings (SSSR count). The molecule has 200 valence electrons. The van der Waals surface area contributed by atoms with Gasteiger partial charge in [0.1, 0.15) is 35.2 Å². The molecule has 0 aromatic heterocycles. The average molecular weight is 531 g/mol. The highest BCUT2D eigenvalue weighted by molar-refractivity contribution is 5.76. The molecule has 40 heavy (non-hydrogen) atoms. The first-order chi connectivity index (χ1) is 19.6. The number of hydrogen-bond acceptors (Lipinski definition) is 5. The molecule has 0 atom stereocenters. The summed E-state index contributed by atoms with van der Waals surface area (Å²) in [5, 5.41) is 9.88. The lowest BCUT2D eigenvalue weighted by molar-refractivity contribution is 0.000108. The molecule has 5 aromatic carbocycles. The Morgan fingerprint density at radius 1 is 0.675 bits per heavy atom. The van der Waals surface area contributed by atoms with E-state index in [2.05, 4.69) is 48.5 Å². The maximum absolute atomic E-state index is 9.88. The third-order valence-corrected chi connectivity index (χ3v) is 7.44. The molecule has 0 radical (unpaired) electrons. The lowest BCUT2D eigenvalue weighted by Gasteiger charge is -2.36. The van der Waals surface area contributed by atoms with Crippen LogP contribution in [-0.4, -0.2) is 19.3 Å². The lowest BCUT2D eigenvalue weighted by Crippen LogP contribution is -2.32. The van der Waals surface area contributed by atoms with Crippen LogP contribution in [0.15, 0.2) is 115 Å².